The Hall–Kier alpha value is -1.88. The van der Waals surface area contributed by atoms with Crippen molar-refractivity contribution < 1.29 is 4.79 Å². The Balaban J connectivity index is 2.61. The number of allylic oxidation sites excluding steroid dienone is 2. The van der Waals surface area contributed by atoms with Gasteiger partial charge in [0.05, 0.1) is 6.57 Å². The van der Waals surface area contributed by atoms with Crippen LogP contribution in [0.4, 0.5) is 0 Å². The number of benzene rings is 1. The van der Waals surface area contributed by atoms with Crippen molar-refractivity contribution >= 4 is 11.4 Å². The number of ketones is 1. The summed E-state index contributed by atoms with van der Waals surface area (Å²) in [6.07, 6.45) is 1.76. The highest BCUT2D eigenvalue weighted by Gasteiger charge is 2.21. The van der Waals surface area contributed by atoms with E-state index >= 15 is 0 Å². The lowest BCUT2D eigenvalue weighted by Gasteiger charge is -2.02. The fourth-order valence-electron chi connectivity index (χ4n) is 2.03. The SMILES string of the molecule is [C-]#[N+]/C(C(C)=O)=C1/CCc2ccccc21. The van der Waals surface area contributed by atoms with Crippen LogP contribution in [0.2, 0.25) is 0 Å². The first kappa shape index (κ1) is 9.67. The molecule has 1 aromatic rings. The summed E-state index contributed by atoms with van der Waals surface area (Å²) in [5.41, 5.74) is 3.56. The topological polar surface area (TPSA) is 21.4 Å². The Bertz CT molecular complexity index is 492. The molecule has 2 rings (SSSR count). The summed E-state index contributed by atoms with van der Waals surface area (Å²) >= 11 is 0. The lowest BCUT2D eigenvalue weighted by Crippen LogP contribution is -1.95. The zero-order valence-corrected chi connectivity index (χ0v) is 8.58. The molecule has 0 spiro atoms. The zero-order valence-electron chi connectivity index (χ0n) is 8.58. The van der Waals surface area contributed by atoms with E-state index < -0.39 is 0 Å². The van der Waals surface area contributed by atoms with E-state index in [0.29, 0.717) is 5.70 Å². The third kappa shape index (κ3) is 1.57. The van der Waals surface area contributed by atoms with Crippen LogP contribution in [0.1, 0.15) is 24.5 Å². The van der Waals surface area contributed by atoms with Gasteiger partial charge in [-0.15, -0.1) is 0 Å². The molecule has 0 saturated carbocycles. The van der Waals surface area contributed by atoms with Gasteiger partial charge >= 0.3 is 0 Å². The van der Waals surface area contributed by atoms with Crippen LogP contribution in [0.5, 0.6) is 0 Å². The molecule has 0 amide bonds. The zero-order chi connectivity index (χ0) is 10.8. The molecule has 0 fully saturated rings. The lowest BCUT2D eigenvalue weighted by atomic mass is 10.0. The van der Waals surface area contributed by atoms with Gasteiger partial charge in [0.15, 0.2) is 5.78 Å². The van der Waals surface area contributed by atoms with Gasteiger partial charge < -0.3 is 4.79 Å². The third-order valence-electron chi connectivity index (χ3n) is 2.72. The smallest absolute Gasteiger partial charge is 0.232 e. The molecule has 0 saturated heterocycles. The number of fused-ring (bicyclic) bond motifs is 1. The first-order chi connectivity index (χ1) is 7.24. The maximum absolute atomic E-state index is 11.3. The van der Waals surface area contributed by atoms with Crippen LogP contribution in [-0.2, 0) is 11.2 Å². The van der Waals surface area contributed by atoms with Crippen LogP contribution < -0.4 is 0 Å². The van der Waals surface area contributed by atoms with Crippen molar-refractivity contribution in [3.63, 3.8) is 0 Å². The molecule has 0 radical (unpaired) electrons. The summed E-state index contributed by atoms with van der Waals surface area (Å²) in [6, 6.07) is 7.99. The Morgan fingerprint density at radius 1 is 1.33 bits per heavy atom. The van der Waals surface area contributed by atoms with Crippen molar-refractivity contribution in [3.8, 4) is 0 Å². The van der Waals surface area contributed by atoms with Gasteiger partial charge in [0, 0.05) is 0 Å². The molecule has 2 nitrogen and oxygen atoms in total. The Labute approximate surface area is 89.1 Å². The van der Waals surface area contributed by atoms with Gasteiger partial charge in [-0.05, 0) is 36.5 Å². The van der Waals surface area contributed by atoms with Crippen LogP contribution in [0.25, 0.3) is 10.4 Å². The molecule has 15 heavy (non-hydrogen) atoms. The van der Waals surface area contributed by atoms with Gasteiger partial charge in [-0.2, -0.15) is 0 Å². The molecule has 1 aromatic carbocycles. The second-order valence-electron chi connectivity index (χ2n) is 3.65. The average molecular weight is 197 g/mol. The predicted molar refractivity (Wildman–Crippen MR) is 59.0 cm³/mol. The molecule has 74 valence electrons. The molecular weight excluding hydrogens is 186 g/mol. The van der Waals surface area contributed by atoms with Gasteiger partial charge in [0.25, 0.3) is 0 Å². The van der Waals surface area contributed by atoms with Crippen molar-refractivity contribution in [2.24, 2.45) is 0 Å². The number of rotatable bonds is 1. The van der Waals surface area contributed by atoms with Gasteiger partial charge in [-0.25, -0.2) is 4.85 Å². The van der Waals surface area contributed by atoms with E-state index in [0.717, 1.165) is 24.0 Å². The van der Waals surface area contributed by atoms with E-state index in [1.807, 2.05) is 18.2 Å². The minimum Gasteiger partial charge on any atom is -0.308 e. The summed E-state index contributed by atoms with van der Waals surface area (Å²) in [5, 5.41) is 0. The molecule has 0 aliphatic heterocycles. The van der Waals surface area contributed by atoms with Crippen molar-refractivity contribution in [2.45, 2.75) is 19.8 Å². The van der Waals surface area contributed by atoms with E-state index in [9.17, 15) is 4.79 Å². The van der Waals surface area contributed by atoms with Crippen molar-refractivity contribution in [3.05, 3.63) is 52.5 Å². The number of hydrogen-bond acceptors (Lipinski definition) is 1. The van der Waals surface area contributed by atoms with Crippen molar-refractivity contribution in [2.75, 3.05) is 0 Å². The van der Waals surface area contributed by atoms with Crippen molar-refractivity contribution in [1.29, 1.82) is 0 Å². The summed E-state index contributed by atoms with van der Waals surface area (Å²) in [7, 11) is 0. The first-order valence-electron chi connectivity index (χ1n) is 4.94. The number of hydrogen-bond donors (Lipinski definition) is 0. The minimum atomic E-state index is -0.128. The normalized spacial score (nSPS) is 16.8. The number of nitrogens with zero attached hydrogens (tertiary/aromatic N) is 1. The molecule has 0 atom stereocenters. The van der Waals surface area contributed by atoms with Crippen molar-refractivity contribution in [1.82, 2.24) is 0 Å². The number of aryl methyl sites for hydroxylation is 1. The van der Waals surface area contributed by atoms with Crippen LogP contribution in [0, 0.1) is 6.57 Å². The quantitative estimate of drug-likeness (QED) is 0.501. The average Bonchev–Trinajstić information content (AvgIpc) is 2.63. The Morgan fingerprint density at radius 3 is 2.73 bits per heavy atom. The van der Waals surface area contributed by atoms with E-state index in [4.69, 9.17) is 6.57 Å². The Kier molecular flexibility index (Phi) is 2.39. The number of carbonyl (C=O) groups is 1. The third-order valence-corrected chi connectivity index (χ3v) is 2.72. The van der Waals surface area contributed by atoms with Crippen LogP contribution >= 0.6 is 0 Å². The predicted octanol–water partition coefficient (Wildman–Crippen LogP) is 2.85. The molecule has 0 aromatic heterocycles. The standard InChI is InChI=1S/C13H11NO/c1-9(15)13(14-2)12-8-7-10-5-3-4-6-11(10)12/h3-6H,7-8H2,1H3/b13-12-. The molecule has 1 aliphatic rings. The molecule has 0 bridgehead atoms. The van der Waals surface area contributed by atoms with Gasteiger partial charge in [0.2, 0.25) is 5.70 Å². The van der Waals surface area contributed by atoms with Gasteiger partial charge in [-0.1, -0.05) is 24.3 Å². The highest BCUT2D eigenvalue weighted by atomic mass is 16.1. The van der Waals surface area contributed by atoms with Gasteiger partial charge in [-0.3, -0.25) is 0 Å². The van der Waals surface area contributed by atoms with Crippen LogP contribution in [-0.4, -0.2) is 5.78 Å². The molecule has 0 N–H and O–H groups in total. The fourth-order valence-corrected chi connectivity index (χ4v) is 2.03. The molecule has 0 unspecified atom stereocenters. The fraction of sp³-hybridized carbons (Fsp3) is 0.231. The molecule has 1 aliphatic carbocycles. The highest BCUT2D eigenvalue weighted by Crippen LogP contribution is 2.34. The lowest BCUT2D eigenvalue weighted by molar-refractivity contribution is -0.113. The van der Waals surface area contributed by atoms with E-state index in [2.05, 4.69) is 10.9 Å². The van der Waals surface area contributed by atoms with E-state index in [-0.39, 0.29) is 5.78 Å². The summed E-state index contributed by atoms with van der Waals surface area (Å²) in [4.78, 5) is 14.6. The van der Waals surface area contributed by atoms with Crippen LogP contribution in [0.3, 0.4) is 0 Å². The summed E-state index contributed by atoms with van der Waals surface area (Å²) < 4.78 is 0. The second kappa shape index (κ2) is 3.70. The largest absolute Gasteiger partial charge is 0.308 e. The van der Waals surface area contributed by atoms with Crippen LogP contribution in [0.15, 0.2) is 30.0 Å². The molecule has 2 heteroatoms. The second-order valence-corrected chi connectivity index (χ2v) is 3.65. The molecular formula is C13H11NO. The van der Waals surface area contributed by atoms with E-state index in [1.54, 1.807) is 0 Å². The summed E-state index contributed by atoms with van der Waals surface area (Å²) in [5.74, 6) is -0.128. The highest BCUT2D eigenvalue weighted by molar-refractivity contribution is 6.03. The first-order valence-corrected chi connectivity index (χ1v) is 4.94. The Morgan fingerprint density at radius 2 is 2.07 bits per heavy atom. The number of Topliss-reactive ketones (excluding diaryl/α,β-unsaturated/α-hetero) is 1. The maximum Gasteiger partial charge on any atom is 0.232 e. The maximum atomic E-state index is 11.3. The monoisotopic (exact) mass is 197 g/mol. The summed E-state index contributed by atoms with van der Waals surface area (Å²) in [6.45, 7) is 8.50. The number of carbonyl (C=O) groups excluding carboxylic acids is 1. The van der Waals surface area contributed by atoms with Gasteiger partial charge in [0.1, 0.15) is 0 Å². The molecule has 0 heterocycles. The minimum absolute atomic E-state index is 0.128. The van der Waals surface area contributed by atoms with E-state index in [1.165, 1.54) is 12.5 Å².